The molecule has 2 aliphatic rings. The Morgan fingerprint density at radius 2 is 2.00 bits per heavy atom. The van der Waals surface area contributed by atoms with Gasteiger partial charge >= 0.3 is 0 Å². The van der Waals surface area contributed by atoms with E-state index in [1.54, 1.807) is 0 Å². The minimum atomic E-state index is 0.247. The normalized spacial score (nSPS) is 33.9. The van der Waals surface area contributed by atoms with Crippen LogP contribution in [0.5, 0.6) is 0 Å². The Hall–Kier alpha value is -0.0800. The number of hydrogen-bond donors (Lipinski definition) is 2. The Kier molecular flexibility index (Phi) is 3.60. The quantitative estimate of drug-likeness (QED) is 0.753. The van der Waals surface area contributed by atoms with Crippen molar-refractivity contribution in [2.45, 2.75) is 64.3 Å². The molecule has 0 radical (unpaired) electrons. The second-order valence-electron chi connectivity index (χ2n) is 6.84. The molecule has 0 heterocycles. The van der Waals surface area contributed by atoms with Crippen molar-refractivity contribution < 1.29 is 0 Å². The van der Waals surface area contributed by atoms with Crippen LogP contribution in [-0.2, 0) is 0 Å². The molecule has 0 aromatic heterocycles. The van der Waals surface area contributed by atoms with Crippen LogP contribution in [0.15, 0.2) is 0 Å². The first-order valence-corrected chi connectivity index (χ1v) is 7.00. The van der Waals surface area contributed by atoms with Crippen molar-refractivity contribution in [2.75, 3.05) is 13.1 Å². The first-order valence-electron chi connectivity index (χ1n) is 7.00. The van der Waals surface area contributed by atoms with E-state index in [0.29, 0.717) is 5.41 Å². The highest BCUT2D eigenvalue weighted by Crippen LogP contribution is 2.40. The summed E-state index contributed by atoms with van der Waals surface area (Å²) >= 11 is 0. The highest BCUT2D eigenvalue weighted by molar-refractivity contribution is 4.97. The maximum Gasteiger partial charge on any atom is 0.0309 e. The second-order valence-corrected chi connectivity index (χ2v) is 6.84. The first-order chi connectivity index (χ1) is 7.55. The van der Waals surface area contributed by atoms with E-state index in [1.807, 2.05) is 0 Å². The summed E-state index contributed by atoms with van der Waals surface area (Å²) in [5.41, 5.74) is 6.75. The Morgan fingerprint density at radius 1 is 1.25 bits per heavy atom. The van der Waals surface area contributed by atoms with Crippen LogP contribution in [0.1, 0.15) is 58.8 Å². The van der Waals surface area contributed by atoms with E-state index >= 15 is 0 Å². The Bertz CT molecular complexity index is 233. The number of nitrogens with one attached hydrogen (secondary N) is 1. The zero-order chi connectivity index (χ0) is 11.6. The fourth-order valence-corrected chi connectivity index (χ4v) is 3.34. The molecule has 0 aromatic carbocycles. The zero-order valence-electron chi connectivity index (χ0n) is 11.0. The van der Waals surface area contributed by atoms with Crippen LogP contribution in [0, 0.1) is 11.3 Å². The van der Waals surface area contributed by atoms with E-state index < -0.39 is 0 Å². The van der Waals surface area contributed by atoms with Gasteiger partial charge in [0.05, 0.1) is 0 Å². The average molecular weight is 224 g/mol. The Labute approximate surface area is 100 Å². The van der Waals surface area contributed by atoms with E-state index in [1.165, 1.54) is 51.5 Å². The lowest BCUT2D eigenvalue weighted by Gasteiger charge is -2.45. The van der Waals surface area contributed by atoms with Crippen molar-refractivity contribution in [3.63, 3.8) is 0 Å². The van der Waals surface area contributed by atoms with Gasteiger partial charge in [-0.1, -0.05) is 33.1 Å². The van der Waals surface area contributed by atoms with Crippen molar-refractivity contribution in [3.8, 4) is 0 Å². The summed E-state index contributed by atoms with van der Waals surface area (Å²) in [6.45, 7) is 6.76. The lowest BCUT2D eigenvalue weighted by molar-refractivity contribution is 0.124. The van der Waals surface area contributed by atoms with E-state index in [9.17, 15) is 0 Å². The van der Waals surface area contributed by atoms with Gasteiger partial charge in [-0.2, -0.15) is 0 Å². The molecule has 0 aromatic rings. The third-order valence-electron chi connectivity index (χ3n) is 4.47. The predicted octanol–water partition coefficient (Wildman–Crippen LogP) is 2.67. The van der Waals surface area contributed by atoms with Crippen LogP contribution in [0.4, 0.5) is 0 Å². The number of hydrogen-bond acceptors (Lipinski definition) is 2. The number of rotatable bonds is 5. The van der Waals surface area contributed by atoms with Gasteiger partial charge in [0.1, 0.15) is 0 Å². The molecule has 2 rings (SSSR count). The monoisotopic (exact) mass is 224 g/mol. The van der Waals surface area contributed by atoms with E-state index in [0.717, 1.165) is 12.5 Å². The second kappa shape index (κ2) is 4.66. The molecular weight excluding hydrogens is 196 g/mol. The molecule has 2 fully saturated rings. The molecule has 2 heteroatoms. The van der Waals surface area contributed by atoms with Crippen molar-refractivity contribution in [2.24, 2.45) is 17.1 Å². The summed E-state index contributed by atoms with van der Waals surface area (Å²) in [6.07, 6.45) is 9.51. The third kappa shape index (κ3) is 3.21. The maximum atomic E-state index is 6.03. The van der Waals surface area contributed by atoms with Crippen molar-refractivity contribution in [1.29, 1.82) is 0 Å². The summed E-state index contributed by atoms with van der Waals surface area (Å²) in [5, 5.41) is 3.79. The van der Waals surface area contributed by atoms with Gasteiger partial charge < -0.3 is 11.1 Å². The van der Waals surface area contributed by atoms with Crippen molar-refractivity contribution in [1.82, 2.24) is 5.32 Å². The SMILES string of the molecule is CC1(C)CCCC(CN)(NCCC2CC2)C1. The molecule has 0 saturated heterocycles. The highest BCUT2D eigenvalue weighted by Gasteiger charge is 2.38. The van der Waals surface area contributed by atoms with Gasteiger partial charge in [-0.15, -0.1) is 0 Å². The van der Waals surface area contributed by atoms with Gasteiger partial charge in [0.25, 0.3) is 0 Å². The summed E-state index contributed by atoms with van der Waals surface area (Å²) in [4.78, 5) is 0. The highest BCUT2D eigenvalue weighted by atomic mass is 15.0. The molecule has 0 amide bonds. The van der Waals surface area contributed by atoms with Gasteiger partial charge in [0.15, 0.2) is 0 Å². The molecular formula is C14H28N2. The van der Waals surface area contributed by atoms with E-state index in [-0.39, 0.29) is 5.54 Å². The van der Waals surface area contributed by atoms with E-state index in [4.69, 9.17) is 5.73 Å². The van der Waals surface area contributed by atoms with Crippen molar-refractivity contribution in [3.05, 3.63) is 0 Å². The molecule has 16 heavy (non-hydrogen) atoms. The van der Waals surface area contributed by atoms with Crippen molar-refractivity contribution >= 4 is 0 Å². The predicted molar refractivity (Wildman–Crippen MR) is 69.4 cm³/mol. The zero-order valence-corrected chi connectivity index (χ0v) is 11.0. The fourth-order valence-electron chi connectivity index (χ4n) is 3.34. The molecule has 2 aliphatic carbocycles. The summed E-state index contributed by atoms with van der Waals surface area (Å²) < 4.78 is 0. The standard InChI is InChI=1S/C14H28N2/c1-13(2)7-3-8-14(10-13,11-15)16-9-6-12-4-5-12/h12,16H,3-11,15H2,1-2H3. The third-order valence-corrected chi connectivity index (χ3v) is 4.47. The lowest BCUT2D eigenvalue weighted by atomic mass is 9.68. The lowest BCUT2D eigenvalue weighted by Crippen LogP contribution is -2.55. The molecule has 2 nitrogen and oxygen atoms in total. The van der Waals surface area contributed by atoms with Gasteiger partial charge in [-0.05, 0) is 43.6 Å². The van der Waals surface area contributed by atoms with Crippen LogP contribution in [0.25, 0.3) is 0 Å². The van der Waals surface area contributed by atoms with Gasteiger partial charge in [0, 0.05) is 12.1 Å². The van der Waals surface area contributed by atoms with Crippen LogP contribution < -0.4 is 11.1 Å². The summed E-state index contributed by atoms with van der Waals surface area (Å²) in [5.74, 6) is 1.03. The smallest absolute Gasteiger partial charge is 0.0309 e. The maximum absolute atomic E-state index is 6.03. The molecule has 2 saturated carbocycles. The van der Waals surface area contributed by atoms with Gasteiger partial charge in [-0.25, -0.2) is 0 Å². The van der Waals surface area contributed by atoms with Crippen LogP contribution in [0.3, 0.4) is 0 Å². The number of nitrogens with two attached hydrogens (primary N) is 1. The summed E-state index contributed by atoms with van der Waals surface area (Å²) in [6, 6.07) is 0. The first kappa shape index (κ1) is 12.4. The molecule has 94 valence electrons. The largest absolute Gasteiger partial charge is 0.329 e. The van der Waals surface area contributed by atoms with Crippen LogP contribution >= 0.6 is 0 Å². The minimum absolute atomic E-state index is 0.247. The van der Waals surface area contributed by atoms with Crippen LogP contribution in [0.2, 0.25) is 0 Å². The van der Waals surface area contributed by atoms with E-state index in [2.05, 4.69) is 19.2 Å². The minimum Gasteiger partial charge on any atom is -0.329 e. The Balaban J connectivity index is 1.84. The average Bonchev–Trinajstić information content (AvgIpc) is 3.00. The molecule has 0 spiro atoms. The van der Waals surface area contributed by atoms with Gasteiger partial charge in [0.2, 0.25) is 0 Å². The molecule has 0 bridgehead atoms. The van der Waals surface area contributed by atoms with Gasteiger partial charge in [-0.3, -0.25) is 0 Å². The summed E-state index contributed by atoms with van der Waals surface area (Å²) in [7, 11) is 0. The molecule has 1 unspecified atom stereocenters. The topological polar surface area (TPSA) is 38.0 Å². The molecule has 0 aliphatic heterocycles. The fraction of sp³-hybridized carbons (Fsp3) is 1.00. The molecule has 3 N–H and O–H groups in total. The molecule has 1 atom stereocenters. The van der Waals surface area contributed by atoms with Crippen LogP contribution in [-0.4, -0.2) is 18.6 Å². The Morgan fingerprint density at radius 3 is 2.56 bits per heavy atom.